The Balaban J connectivity index is 1.40. The summed E-state index contributed by atoms with van der Waals surface area (Å²) >= 11 is 0. The van der Waals surface area contributed by atoms with Crippen LogP contribution in [0.25, 0.3) is 0 Å². The van der Waals surface area contributed by atoms with Crippen LogP contribution in [0.3, 0.4) is 0 Å². The maximum Gasteiger partial charge on any atom is 0.573 e. The van der Waals surface area contributed by atoms with E-state index in [9.17, 15) is 40.7 Å². The Morgan fingerprint density at radius 1 is 0.889 bits per heavy atom. The molecular formula is C28H28F6N6O5. The van der Waals surface area contributed by atoms with E-state index in [-0.39, 0.29) is 43.6 Å². The van der Waals surface area contributed by atoms with Crippen molar-refractivity contribution in [3.63, 3.8) is 0 Å². The lowest BCUT2D eigenvalue weighted by molar-refractivity contribution is -0.274. The molecule has 0 aliphatic carbocycles. The zero-order chi connectivity index (χ0) is 32.6. The van der Waals surface area contributed by atoms with E-state index in [2.05, 4.69) is 25.7 Å². The van der Waals surface area contributed by atoms with Crippen LogP contribution in [0.5, 0.6) is 5.75 Å². The number of halogens is 6. The molecule has 0 radical (unpaired) electrons. The van der Waals surface area contributed by atoms with Crippen LogP contribution in [0.4, 0.5) is 42.6 Å². The number of carbonyl (C=O) groups excluding carboxylic acids is 3. The third-order valence-electron chi connectivity index (χ3n) is 6.40. The van der Waals surface area contributed by atoms with Gasteiger partial charge >= 0.3 is 24.5 Å². The molecule has 1 aliphatic heterocycles. The SMILES string of the molecule is O=C(Nc1ccc(OC(F)(F)F)cc1)Nc1cn(Cc2ccc(C(F)(F)F)cc2)c(C(=O)NCCOC(=O)CN2CCCC2)n1. The topological polar surface area (TPSA) is 127 Å². The van der Waals surface area contributed by atoms with E-state index >= 15 is 0 Å². The van der Waals surface area contributed by atoms with Gasteiger partial charge in [0.15, 0.2) is 5.82 Å². The largest absolute Gasteiger partial charge is 0.573 e. The zero-order valence-corrected chi connectivity index (χ0v) is 23.5. The second kappa shape index (κ2) is 14.3. The van der Waals surface area contributed by atoms with Crippen molar-refractivity contribution >= 4 is 29.4 Å². The van der Waals surface area contributed by atoms with Gasteiger partial charge in [0.1, 0.15) is 12.4 Å². The summed E-state index contributed by atoms with van der Waals surface area (Å²) in [5.74, 6) is -1.96. The number of carbonyl (C=O) groups is 3. The molecule has 1 saturated heterocycles. The number of hydrogen-bond donors (Lipinski definition) is 3. The molecule has 0 atom stereocenters. The number of nitrogens with one attached hydrogen (secondary N) is 3. The molecule has 0 saturated carbocycles. The highest BCUT2D eigenvalue weighted by molar-refractivity contribution is 6.00. The number of likely N-dealkylation sites (tertiary alicyclic amines) is 1. The Labute approximate surface area is 252 Å². The fraction of sp³-hybridized carbons (Fsp3) is 0.357. The van der Waals surface area contributed by atoms with Gasteiger partial charge in [-0.2, -0.15) is 13.2 Å². The average Bonchev–Trinajstić information content (AvgIpc) is 3.61. The van der Waals surface area contributed by atoms with Crippen LogP contribution in [-0.4, -0.2) is 71.5 Å². The maximum atomic E-state index is 13.0. The Hall–Kier alpha value is -4.80. The van der Waals surface area contributed by atoms with Crippen LogP contribution in [-0.2, 0) is 22.3 Å². The van der Waals surface area contributed by atoms with Crippen molar-refractivity contribution in [2.75, 3.05) is 43.4 Å². The van der Waals surface area contributed by atoms with Crippen LogP contribution >= 0.6 is 0 Å². The highest BCUT2D eigenvalue weighted by Crippen LogP contribution is 2.29. The van der Waals surface area contributed by atoms with Crippen LogP contribution in [0, 0.1) is 0 Å². The molecule has 0 unspecified atom stereocenters. The van der Waals surface area contributed by atoms with Crippen LogP contribution < -0.4 is 20.7 Å². The molecule has 17 heteroatoms. The normalized spacial score (nSPS) is 13.7. The summed E-state index contributed by atoms with van der Waals surface area (Å²) in [5, 5.41) is 7.33. The van der Waals surface area contributed by atoms with Gasteiger partial charge < -0.3 is 24.7 Å². The first-order chi connectivity index (χ1) is 21.2. The number of aromatic nitrogens is 2. The van der Waals surface area contributed by atoms with Gasteiger partial charge in [-0.3, -0.25) is 19.8 Å². The van der Waals surface area contributed by atoms with Gasteiger partial charge in [-0.1, -0.05) is 12.1 Å². The Bertz CT molecular complexity index is 1470. The van der Waals surface area contributed by atoms with E-state index in [0.717, 1.165) is 50.2 Å². The molecule has 2 aromatic carbocycles. The Morgan fingerprint density at radius 2 is 1.56 bits per heavy atom. The third kappa shape index (κ3) is 10.4. The molecule has 0 spiro atoms. The molecule has 2 heterocycles. The first-order valence-corrected chi connectivity index (χ1v) is 13.6. The highest BCUT2D eigenvalue weighted by atomic mass is 19.4. The minimum absolute atomic E-state index is 0.0605. The summed E-state index contributed by atoms with van der Waals surface area (Å²) in [6.45, 7) is 1.50. The lowest BCUT2D eigenvalue weighted by Gasteiger charge is -2.13. The number of benzene rings is 2. The van der Waals surface area contributed by atoms with Crippen LogP contribution in [0.15, 0.2) is 54.7 Å². The van der Waals surface area contributed by atoms with E-state index in [1.54, 1.807) is 0 Å². The van der Waals surface area contributed by atoms with Crippen molar-refractivity contribution in [2.24, 2.45) is 0 Å². The molecule has 1 aromatic heterocycles. The van der Waals surface area contributed by atoms with Crippen molar-refractivity contribution in [2.45, 2.75) is 31.9 Å². The van der Waals surface area contributed by atoms with Crippen molar-refractivity contribution in [1.29, 1.82) is 0 Å². The lowest BCUT2D eigenvalue weighted by Crippen LogP contribution is -2.33. The molecule has 242 valence electrons. The van der Waals surface area contributed by atoms with Crippen LogP contribution in [0.1, 0.15) is 34.6 Å². The second-order valence-electron chi connectivity index (χ2n) is 9.88. The van der Waals surface area contributed by atoms with Gasteiger partial charge in [-0.15, -0.1) is 13.2 Å². The van der Waals surface area contributed by atoms with E-state index in [1.807, 2.05) is 4.90 Å². The number of anilines is 2. The molecule has 45 heavy (non-hydrogen) atoms. The van der Waals surface area contributed by atoms with E-state index < -0.39 is 41.8 Å². The molecule has 1 aliphatic rings. The molecule has 3 N–H and O–H groups in total. The summed E-state index contributed by atoms with van der Waals surface area (Å²) in [5.41, 5.74) is -0.350. The third-order valence-corrected chi connectivity index (χ3v) is 6.40. The van der Waals surface area contributed by atoms with E-state index in [0.29, 0.717) is 5.56 Å². The number of imidazole rings is 1. The number of amides is 3. The summed E-state index contributed by atoms with van der Waals surface area (Å²) in [6, 6.07) is 7.71. The monoisotopic (exact) mass is 642 g/mol. The Kier molecular flexibility index (Phi) is 10.5. The quantitative estimate of drug-likeness (QED) is 0.155. The number of urea groups is 1. The fourth-order valence-corrected chi connectivity index (χ4v) is 4.37. The predicted molar refractivity (Wildman–Crippen MR) is 148 cm³/mol. The molecular weight excluding hydrogens is 614 g/mol. The summed E-state index contributed by atoms with van der Waals surface area (Å²) in [6.07, 6.45) is -6.12. The maximum absolute atomic E-state index is 13.0. The molecule has 11 nitrogen and oxygen atoms in total. The molecule has 1 fully saturated rings. The van der Waals surface area contributed by atoms with Gasteiger partial charge in [0.25, 0.3) is 5.91 Å². The predicted octanol–water partition coefficient (Wildman–Crippen LogP) is 4.86. The van der Waals surface area contributed by atoms with E-state index in [1.165, 1.54) is 35.0 Å². The summed E-state index contributed by atoms with van der Waals surface area (Å²) in [4.78, 5) is 43.6. The fourth-order valence-electron chi connectivity index (χ4n) is 4.37. The second-order valence-corrected chi connectivity index (χ2v) is 9.88. The van der Waals surface area contributed by atoms with Gasteiger partial charge in [0.05, 0.1) is 18.7 Å². The van der Waals surface area contributed by atoms with Crippen molar-refractivity contribution in [1.82, 2.24) is 19.8 Å². The van der Waals surface area contributed by atoms with Crippen molar-refractivity contribution in [3.8, 4) is 5.75 Å². The number of alkyl halides is 6. The molecule has 4 rings (SSSR count). The summed E-state index contributed by atoms with van der Waals surface area (Å²) in [7, 11) is 0. The first-order valence-electron chi connectivity index (χ1n) is 13.6. The van der Waals surface area contributed by atoms with Gasteiger partial charge in [-0.05, 0) is 67.9 Å². The number of ether oxygens (including phenoxy) is 2. The highest BCUT2D eigenvalue weighted by Gasteiger charge is 2.31. The van der Waals surface area contributed by atoms with Crippen molar-refractivity contribution in [3.05, 3.63) is 71.7 Å². The van der Waals surface area contributed by atoms with Gasteiger partial charge in [0, 0.05) is 18.4 Å². The van der Waals surface area contributed by atoms with Gasteiger partial charge in [-0.25, -0.2) is 9.78 Å². The number of nitrogens with zero attached hydrogens (tertiary/aromatic N) is 3. The molecule has 0 bridgehead atoms. The molecule has 3 amide bonds. The molecule has 3 aromatic rings. The standard InChI is InChI=1S/C28H28F6N6O5/c29-27(30,31)19-5-3-18(4-6-19)15-40-16-22(38-26(43)36-20-7-9-21(10-8-20)45-28(32,33)34)37-24(40)25(42)35-11-14-44-23(41)17-39-12-1-2-13-39/h3-10,16H,1-2,11-15,17H2,(H,35,42)(H2,36,38,43). The first kappa shape index (κ1) is 33.1. The number of esters is 1. The van der Waals surface area contributed by atoms with Crippen LogP contribution in [0.2, 0.25) is 0 Å². The summed E-state index contributed by atoms with van der Waals surface area (Å²) < 4.78 is 86.3. The van der Waals surface area contributed by atoms with E-state index in [4.69, 9.17) is 4.74 Å². The number of rotatable bonds is 11. The lowest BCUT2D eigenvalue weighted by atomic mass is 10.1. The van der Waals surface area contributed by atoms with Crippen molar-refractivity contribution < 1.29 is 50.2 Å². The average molecular weight is 643 g/mol. The zero-order valence-electron chi connectivity index (χ0n) is 23.5. The van der Waals surface area contributed by atoms with Gasteiger partial charge in [0.2, 0.25) is 5.82 Å². The smallest absolute Gasteiger partial charge is 0.463 e. The minimum Gasteiger partial charge on any atom is -0.463 e. The number of hydrogen-bond acceptors (Lipinski definition) is 7. The minimum atomic E-state index is -4.88. The Morgan fingerprint density at radius 3 is 2.18 bits per heavy atom.